The van der Waals surface area contributed by atoms with Crippen molar-refractivity contribution in [3.8, 4) is 11.4 Å². The topological polar surface area (TPSA) is 91.5 Å². The third-order valence-electron chi connectivity index (χ3n) is 6.35. The number of nitrogens with zero attached hydrogens (tertiary/aromatic N) is 3. The van der Waals surface area contributed by atoms with E-state index in [2.05, 4.69) is 37.0 Å². The van der Waals surface area contributed by atoms with Gasteiger partial charge in [-0.2, -0.15) is 18.2 Å². The number of aliphatic hydroxyl groups excluding tert-OH is 1. The molecule has 178 valence electrons. The third kappa shape index (κ3) is 4.69. The second kappa shape index (κ2) is 8.84. The van der Waals surface area contributed by atoms with Crippen molar-refractivity contribution < 1.29 is 27.6 Å². The van der Waals surface area contributed by atoms with Crippen molar-refractivity contribution >= 4 is 5.91 Å². The number of carbonyl (C=O) groups excluding carboxylic acids is 1. The minimum Gasteiger partial charge on any atom is -0.378 e. The molecule has 2 atom stereocenters. The fraction of sp³-hybridized carbons (Fsp3) is 0.375. The van der Waals surface area contributed by atoms with Gasteiger partial charge in [0.25, 0.3) is 5.91 Å². The van der Waals surface area contributed by atoms with Crippen LogP contribution in [0.4, 0.5) is 13.2 Å². The number of nitrogens with one attached hydrogen (secondary N) is 1. The number of benzene rings is 2. The summed E-state index contributed by atoms with van der Waals surface area (Å²) in [6.45, 7) is 0.992. The average molecular weight is 472 g/mol. The monoisotopic (exact) mass is 472 g/mol. The first-order valence-corrected chi connectivity index (χ1v) is 11.1. The quantitative estimate of drug-likeness (QED) is 0.569. The van der Waals surface area contributed by atoms with E-state index < -0.39 is 18.3 Å². The number of halogens is 3. The lowest BCUT2D eigenvalue weighted by molar-refractivity contribution is -0.159. The highest BCUT2D eigenvalue weighted by molar-refractivity contribution is 5.94. The predicted molar refractivity (Wildman–Crippen MR) is 115 cm³/mol. The van der Waals surface area contributed by atoms with Gasteiger partial charge >= 0.3 is 12.1 Å². The van der Waals surface area contributed by atoms with E-state index in [0.717, 1.165) is 19.3 Å². The molecule has 1 fully saturated rings. The van der Waals surface area contributed by atoms with Crippen LogP contribution >= 0.6 is 0 Å². The van der Waals surface area contributed by atoms with Gasteiger partial charge in [-0.05, 0) is 48.4 Å². The molecule has 0 spiro atoms. The lowest BCUT2D eigenvalue weighted by atomic mass is 9.93. The Morgan fingerprint density at radius 2 is 1.85 bits per heavy atom. The Bertz CT molecular complexity index is 1170. The van der Waals surface area contributed by atoms with E-state index in [1.165, 1.54) is 35.4 Å². The van der Waals surface area contributed by atoms with Crippen LogP contribution in [0.1, 0.15) is 40.2 Å². The average Bonchev–Trinajstić information content (AvgIpc) is 3.56. The molecular formula is C24H23F3N4O3. The molecule has 10 heteroatoms. The Kier molecular flexibility index (Phi) is 5.86. The van der Waals surface area contributed by atoms with Crippen molar-refractivity contribution in [3.63, 3.8) is 0 Å². The number of fused-ring (bicyclic) bond motifs is 1. The largest absolute Gasteiger partial charge is 0.471 e. The zero-order valence-electron chi connectivity index (χ0n) is 18.1. The summed E-state index contributed by atoms with van der Waals surface area (Å²) in [5.74, 6) is -1.66. The maximum atomic E-state index is 12.7. The fourth-order valence-corrected chi connectivity index (χ4v) is 4.31. The molecule has 0 radical (unpaired) electrons. The number of rotatable bonds is 6. The Balaban J connectivity index is 1.25. The first-order valence-electron chi connectivity index (χ1n) is 11.1. The summed E-state index contributed by atoms with van der Waals surface area (Å²) < 4.78 is 42.2. The molecule has 2 heterocycles. The van der Waals surface area contributed by atoms with Gasteiger partial charge in [-0.3, -0.25) is 9.69 Å². The second-order valence-corrected chi connectivity index (χ2v) is 8.76. The molecule has 2 unspecified atom stereocenters. The van der Waals surface area contributed by atoms with Gasteiger partial charge in [0.1, 0.15) is 6.23 Å². The number of alkyl halides is 3. The molecule has 1 aromatic heterocycles. The van der Waals surface area contributed by atoms with Gasteiger partial charge in [-0.15, -0.1) is 0 Å². The number of aliphatic hydroxyl groups is 1. The van der Waals surface area contributed by atoms with Gasteiger partial charge in [-0.25, -0.2) is 0 Å². The summed E-state index contributed by atoms with van der Waals surface area (Å²) in [6, 6.07) is 14.0. The molecule has 5 rings (SSSR count). The van der Waals surface area contributed by atoms with Gasteiger partial charge in [0.15, 0.2) is 0 Å². The first-order chi connectivity index (χ1) is 16.3. The second-order valence-electron chi connectivity index (χ2n) is 8.76. The van der Waals surface area contributed by atoms with E-state index in [4.69, 9.17) is 0 Å². The summed E-state index contributed by atoms with van der Waals surface area (Å²) in [6.07, 6.45) is -2.51. The first kappa shape index (κ1) is 22.5. The Morgan fingerprint density at radius 1 is 1.15 bits per heavy atom. The van der Waals surface area contributed by atoms with Gasteiger partial charge < -0.3 is 14.9 Å². The van der Waals surface area contributed by atoms with Crippen LogP contribution < -0.4 is 5.32 Å². The normalized spacial score (nSPS) is 19.5. The summed E-state index contributed by atoms with van der Waals surface area (Å²) >= 11 is 0. The van der Waals surface area contributed by atoms with E-state index in [1.54, 1.807) is 0 Å². The zero-order chi connectivity index (χ0) is 23.9. The number of hydrogen-bond acceptors (Lipinski definition) is 6. The lowest BCUT2D eigenvalue weighted by Crippen LogP contribution is -2.52. The van der Waals surface area contributed by atoms with Gasteiger partial charge in [0.2, 0.25) is 5.82 Å². The molecule has 2 aliphatic rings. The number of aromatic nitrogens is 2. The van der Waals surface area contributed by atoms with Crippen LogP contribution in [-0.2, 0) is 19.1 Å². The van der Waals surface area contributed by atoms with Crippen LogP contribution in [0.15, 0.2) is 53.1 Å². The predicted octanol–water partition coefficient (Wildman–Crippen LogP) is 3.64. The minimum absolute atomic E-state index is 0.0474. The molecule has 0 saturated heterocycles. The molecule has 1 amide bonds. The summed E-state index contributed by atoms with van der Waals surface area (Å²) in [7, 11) is 0. The zero-order valence-corrected chi connectivity index (χ0v) is 18.1. The van der Waals surface area contributed by atoms with Crippen LogP contribution in [0, 0.1) is 5.92 Å². The summed E-state index contributed by atoms with van der Waals surface area (Å²) in [5, 5.41) is 17.1. The highest BCUT2D eigenvalue weighted by Crippen LogP contribution is 2.37. The Hall–Kier alpha value is -3.24. The van der Waals surface area contributed by atoms with Crippen LogP contribution in [0.25, 0.3) is 11.4 Å². The maximum Gasteiger partial charge on any atom is 0.471 e. The molecule has 7 nitrogen and oxygen atoms in total. The molecule has 3 aromatic rings. The van der Waals surface area contributed by atoms with E-state index in [1.807, 2.05) is 12.1 Å². The number of hydrogen-bond donors (Lipinski definition) is 2. The van der Waals surface area contributed by atoms with Gasteiger partial charge in [-0.1, -0.05) is 41.6 Å². The fourth-order valence-electron chi connectivity index (χ4n) is 4.31. The molecular weight excluding hydrogens is 449 g/mol. The molecule has 1 saturated carbocycles. The van der Waals surface area contributed by atoms with Crippen molar-refractivity contribution in [2.24, 2.45) is 5.92 Å². The Morgan fingerprint density at radius 3 is 2.50 bits per heavy atom. The standard InChI is InChI=1S/C24H23F3N4O3/c25-24(26,27)23-29-20(30-34-23)14-5-7-15(8-6-14)21(32)28-12-19-11-17-3-1-2-4-18(17)13-31(19)22(33)16-9-10-16/h1-8,16,19,22,33H,9-13H2,(H,28,32). The number of amides is 1. The molecule has 2 aromatic carbocycles. The minimum atomic E-state index is -4.72. The van der Waals surface area contributed by atoms with Crippen molar-refractivity contribution in [2.75, 3.05) is 6.54 Å². The molecule has 0 bridgehead atoms. The Labute approximate surface area is 193 Å². The van der Waals surface area contributed by atoms with Crippen LogP contribution in [0.5, 0.6) is 0 Å². The molecule has 1 aliphatic carbocycles. The van der Waals surface area contributed by atoms with Crippen LogP contribution in [-0.4, -0.2) is 44.9 Å². The van der Waals surface area contributed by atoms with E-state index in [-0.39, 0.29) is 23.7 Å². The summed E-state index contributed by atoms with van der Waals surface area (Å²) in [4.78, 5) is 18.2. The van der Waals surface area contributed by atoms with Gasteiger partial charge in [0, 0.05) is 30.3 Å². The van der Waals surface area contributed by atoms with Crippen molar-refractivity contribution in [1.29, 1.82) is 0 Å². The third-order valence-corrected chi connectivity index (χ3v) is 6.35. The SMILES string of the molecule is O=C(NCC1Cc2ccccc2CN1C(O)C1CC1)c1ccc(-c2noc(C(F)(F)F)n2)cc1. The highest BCUT2D eigenvalue weighted by atomic mass is 19.4. The molecule has 34 heavy (non-hydrogen) atoms. The van der Waals surface area contributed by atoms with Crippen molar-refractivity contribution in [3.05, 3.63) is 71.1 Å². The van der Waals surface area contributed by atoms with Gasteiger partial charge in [0.05, 0.1) is 0 Å². The van der Waals surface area contributed by atoms with E-state index in [0.29, 0.717) is 24.2 Å². The number of carbonyl (C=O) groups is 1. The maximum absolute atomic E-state index is 12.7. The van der Waals surface area contributed by atoms with Crippen LogP contribution in [0.3, 0.4) is 0 Å². The van der Waals surface area contributed by atoms with E-state index in [9.17, 15) is 23.1 Å². The highest BCUT2D eigenvalue weighted by Gasteiger charge is 2.39. The van der Waals surface area contributed by atoms with Crippen LogP contribution in [0.2, 0.25) is 0 Å². The van der Waals surface area contributed by atoms with Crippen molar-refractivity contribution in [1.82, 2.24) is 20.4 Å². The molecule has 2 N–H and O–H groups in total. The lowest BCUT2D eigenvalue weighted by Gasteiger charge is -2.40. The van der Waals surface area contributed by atoms with E-state index >= 15 is 0 Å². The smallest absolute Gasteiger partial charge is 0.378 e. The summed E-state index contributed by atoms with van der Waals surface area (Å²) in [5.41, 5.74) is 3.06. The molecule has 1 aliphatic heterocycles. The van der Waals surface area contributed by atoms with Crippen molar-refractivity contribution in [2.45, 2.75) is 44.3 Å².